The van der Waals surface area contributed by atoms with E-state index < -0.39 is 5.60 Å². The number of hydrogen-bond acceptors (Lipinski definition) is 5. The van der Waals surface area contributed by atoms with Crippen molar-refractivity contribution in [2.45, 2.75) is 78.5 Å². The molecule has 0 aliphatic carbocycles. The molecule has 0 aromatic carbocycles. The van der Waals surface area contributed by atoms with Gasteiger partial charge in [0.25, 0.3) is 0 Å². The van der Waals surface area contributed by atoms with Crippen LogP contribution in [0, 0.1) is 0 Å². The number of carbonyl (C=O) groups is 1. The summed E-state index contributed by atoms with van der Waals surface area (Å²) in [5.74, 6) is 0.779. The van der Waals surface area contributed by atoms with Gasteiger partial charge in [-0.15, -0.1) is 0 Å². The minimum Gasteiger partial charge on any atom is -0.444 e. The number of guanidine groups is 1. The average molecular weight is 427 g/mol. The smallest absolute Gasteiger partial charge is 0.407 e. The van der Waals surface area contributed by atoms with E-state index in [-0.39, 0.29) is 12.1 Å². The minimum absolute atomic E-state index is 0.104. The second kappa shape index (κ2) is 13.7. The lowest BCUT2D eigenvalue weighted by Gasteiger charge is -2.37. The number of aliphatic imine (C=N–C) groups is 1. The van der Waals surface area contributed by atoms with Gasteiger partial charge in [-0.1, -0.05) is 26.7 Å². The average Bonchev–Trinajstić information content (AvgIpc) is 2.71. The van der Waals surface area contributed by atoms with E-state index in [1.54, 1.807) is 7.05 Å². The number of nitrogens with one attached hydrogen (secondary N) is 3. The third kappa shape index (κ3) is 11.0. The Morgan fingerprint density at radius 2 is 1.77 bits per heavy atom. The van der Waals surface area contributed by atoms with Gasteiger partial charge >= 0.3 is 6.09 Å². The first kappa shape index (κ1) is 26.5. The second-order valence-corrected chi connectivity index (χ2v) is 9.14. The number of carbonyl (C=O) groups excluding carboxylic acids is 1. The molecule has 0 spiro atoms. The summed E-state index contributed by atoms with van der Waals surface area (Å²) < 4.78 is 5.35. The molecule has 8 heteroatoms. The molecule has 2 atom stereocenters. The third-order valence-electron chi connectivity index (χ3n) is 5.40. The van der Waals surface area contributed by atoms with Gasteiger partial charge in [-0.3, -0.25) is 9.89 Å². The summed E-state index contributed by atoms with van der Waals surface area (Å²) >= 11 is 0. The van der Waals surface area contributed by atoms with E-state index in [9.17, 15) is 4.79 Å². The number of likely N-dealkylation sites (N-methyl/N-ethyl adjacent to an activating group) is 1. The van der Waals surface area contributed by atoms with E-state index in [0.717, 1.165) is 64.5 Å². The number of alkyl carbamates (subject to hydrolysis) is 1. The summed E-state index contributed by atoms with van der Waals surface area (Å²) in [6, 6.07) is 0.545. The Bertz CT molecular complexity index is 512. The van der Waals surface area contributed by atoms with Crippen LogP contribution in [0.4, 0.5) is 4.79 Å². The van der Waals surface area contributed by atoms with Gasteiger partial charge in [-0.25, -0.2) is 4.79 Å². The maximum Gasteiger partial charge on any atom is 0.407 e. The molecule has 0 aromatic heterocycles. The molecule has 1 fully saturated rings. The molecule has 0 aromatic rings. The van der Waals surface area contributed by atoms with E-state index >= 15 is 0 Å². The van der Waals surface area contributed by atoms with Crippen molar-refractivity contribution in [1.82, 2.24) is 25.8 Å². The SMILES string of the molecule is CCCCC(CNC(=O)OC(C)(C)C)NC(=NC)NCC(C)N1CCN(CC)CC1. The van der Waals surface area contributed by atoms with Gasteiger partial charge in [-0.05, 0) is 40.7 Å². The molecule has 176 valence electrons. The molecule has 0 radical (unpaired) electrons. The van der Waals surface area contributed by atoms with Crippen molar-refractivity contribution in [3.8, 4) is 0 Å². The zero-order valence-electron chi connectivity index (χ0n) is 20.4. The highest BCUT2D eigenvalue weighted by molar-refractivity contribution is 5.80. The fraction of sp³-hybridized carbons (Fsp3) is 0.909. The van der Waals surface area contributed by atoms with E-state index in [0.29, 0.717) is 12.6 Å². The molecule has 1 aliphatic heterocycles. The molecule has 1 rings (SSSR count). The summed E-state index contributed by atoms with van der Waals surface area (Å²) in [6.45, 7) is 19.3. The molecule has 2 unspecified atom stereocenters. The van der Waals surface area contributed by atoms with Crippen molar-refractivity contribution in [3.05, 3.63) is 0 Å². The summed E-state index contributed by atoms with van der Waals surface area (Å²) in [6.07, 6.45) is 2.77. The van der Waals surface area contributed by atoms with Crippen molar-refractivity contribution >= 4 is 12.1 Å². The number of rotatable bonds is 10. The quantitative estimate of drug-likeness (QED) is 0.367. The zero-order valence-corrected chi connectivity index (χ0v) is 20.4. The molecule has 1 saturated heterocycles. The van der Waals surface area contributed by atoms with Crippen LogP contribution < -0.4 is 16.0 Å². The Kier molecular flexibility index (Phi) is 12.1. The number of piperazine rings is 1. The summed E-state index contributed by atoms with van der Waals surface area (Å²) in [4.78, 5) is 21.4. The summed E-state index contributed by atoms with van der Waals surface area (Å²) in [5.41, 5.74) is -0.493. The largest absolute Gasteiger partial charge is 0.444 e. The minimum atomic E-state index is -0.493. The normalized spacial score (nSPS) is 18.6. The second-order valence-electron chi connectivity index (χ2n) is 9.14. The lowest BCUT2D eigenvalue weighted by molar-refractivity contribution is 0.0522. The lowest BCUT2D eigenvalue weighted by Crippen LogP contribution is -2.54. The summed E-state index contributed by atoms with van der Waals surface area (Å²) in [5, 5.41) is 9.82. The highest BCUT2D eigenvalue weighted by Gasteiger charge is 2.21. The Labute approximate surface area is 184 Å². The van der Waals surface area contributed by atoms with E-state index in [4.69, 9.17) is 4.74 Å². The van der Waals surface area contributed by atoms with Crippen LogP contribution in [0.15, 0.2) is 4.99 Å². The Hall–Kier alpha value is -1.54. The Balaban J connectivity index is 2.48. The molecule has 1 heterocycles. The van der Waals surface area contributed by atoms with Crippen LogP contribution in [0.25, 0.3) is 0 Å². The molecule has 0 saturated carbocycles. The molecule has 1 aliphatic rings. The van der Waals surface area contributed by atoms with E-state index in [2.05, 4.69) is 51.5 Å². The van der Waals surface area contributed by atoms with Crippen molar-refractivity contribution in [2.24, 2.45) is 4.99 Å². The Morgan fingerprint density at radius 3 is 2.30 bits per heavy atom. The van der Waals surface area contributed by atoms with Gasteiger partial charge in [-0.2, -0.15) is 0 Å². The predicted molar refractivity (Wildman–Crippen MR) is 125 cm³/mol. The first-order valence-electron chi connectivity index (χ1n) is 11.6. The molecule has 0 bridgehead atoms. The molecule has 8 nitrogen and oxygen atoms in total. The maximum absolute atomic E-state index is 12.0. The van der Waals surface area contributed by atoms with E-state index in [1.807, 2.05) is 20.8 Å². The number of nitrogens with zero attached hydrogens (tertiary/aromatic N) is 3. The third-order valence-corrected chi connectivity index (χ3v) is 5.40. The van der Waals surface area contributed by atoms with Gasteiger partial charge in [0.1, 0.15) is 5.60 Å². The van der Waals surface area contributed by atoms with Crippen molar-refractivity contribution in [1.29, 1.82) is 0 Å². The molecule has 1 amide bonds. The standard InChI is InChI=1S/C22H46N6O2/c1-8-10-11-19(17-25-21(29)30-22(4,5)6)26-20(23-7)24-16-18(3)28-14-12-27(9-2)13-15-28/h18-19H,8-17H2,1-7H3,(H,25,29)(H2,23,24,26). The van der Waals surface area contributed by atoms with Crippen LogP contribution in [0.5, 0.6) is 0 Å². The van der Waals surface area contributed by atoms with E-state index in [1.165, 1.54) is 0 Å². The Morgan fingerprint density at radius 1 is 1.10 bits per heavy atom. The monoisotopic (exact) mass is 426 g/mol. The zero-order chi connectivity index (χ0) is 22.6. The topological polar surface area (TPSA) is 81.2 Å². The van der Waals surface area contributed by atoms with Crippen LogP contribution >= 0.6 is 0 Å². The highest BCUT2D eigenvalue weighted by Crippen LogP contribution is 2.07. The lowest BCUT2D eigenvalue weighted by atomic mass is 10.1. The number of amides is 1. The van der Waals surface area contributed by atoms with Gasteiger partial charge in [0, 0.05) is 58.4 Å². The van der Waals surface area contributed by atoms with Gasteiger partial charge in [0.2, 0.25) is 0 Å². The number of unbranched alkanes of at least 4 members (excludes halogenated alkanes) is 1. The highest BCUT2D eigenvalue weighted by atomic mass is 16.6. The van der Waals surface area contributed by atoms with Crippen LogP contribution in [0.2, 0.25) is 0 Å². The maximum atomic E-state index is 12.0. The van der Waals surface area contributed by atoms with Crippen molar-refractivity contribution < 1.29 is 9.53 Å². The molecular formula is C22H46N6O2. The predicted octanol–water partition coefficient (Wildman–Crippen LogP) is 2.26. The number of ether oxygens (including phenoxy) is 1. The fourth-order valence-electron chi connectivity index (χ4n) is 3.48. The number of hydrogen-bond donors (Lipinski definition) is 3. The van der Waals surface area contributed by atoms with Crippen LogP contribution in [0.3, 0.4) is 0 Å². The van der Waals surface area contributed by atoms with Crippen LogP contribution in [-0.4, -0.2) is 92.4 Å². The summed E-state index contributed by atoms with van der Waals surface area (Å²) in [7, 11) is 1.79. The van der Waals surface area contributed by atoms with Gasteiger partial charge in [0.05, 0.1) is 0 Å². The first-order valence-corrected chi connectivity index (χ1v) is 11.6. The van der Waals surface area contributed by atoms with Gasteiger partial charge in [0.15, 0.2) is 5.96 Å². The fourth-order valence-corrected chi connectivity index (χ4v) is 3.48. The van der Waals surface area contributed by atoms with Crippen LogP contribution in [0.1, 0.15) is 60.8 Å². The van der Waals surface area contributed by atoms with Crippen molar-refractivity contribution in [2.75, 3.05) is 52.9 Å². The van der Waals surface area contributed by atoms with Crippen molar-refractivity contribution in [3.63, 3.8) is 0 Å². The molecule has 30 heavy (non-hydrogen) atoms. The van der Waals surface area contributed by atoms with Crippen LogP contribution in [-0.2, 0) is 4.74 Å². The molecule has 3 N–H and O–H groups in total. The first-order chi connectivity index (χ1) is 14.2. The molecular weight excluding hydrogens is 380 g/mol. The van der Waals surface area contributed by atoms with Gasteiger partial charge < -0.3 is 25.6 Å².